The molecular weight excluding hydrogens is 226 g/mol. The minimum absolute atomic E-state index is 0.00306. The maximum Gasteiger partial charge on any atom is 0.212 e. The zero-order chi connectivity index (χ0) is 12.2. The van der Waals surface area contributed by atoms with Gasteiger partial charge in [-0.15, -0.1) is 6.58 Å². The first kappa shape index (κ1) is 13.7. The highest BCUT2D eigenvalue weighted by atomic mass is 32.2. The van der Waals surface area contributed by atoms with Crippen molar-refractivity contribution in [3.63, 3.8) is 0 Å². The number of hydrogen-bond donors (Lipinski definition) is 1. The minimum Gasteiger partial charge on any atom is -0.378 e. The van der Waals surface area contributed by atoms with Gasteiger partial charge in [-0.25, -0.2) is 13.6 Å². The fraction of sp³-hybridized carbons (Fsp3) is 0.818. The Morgan fingerprint density at radius 1 is 1.62 bits per heavy atom. The lowest BCUT2D eigenvalue weighted by atomic mass is 9.98. The number of ether oxygens (including phenoxy) is 1. The summed E-state index contributed by atoms with van der Waals surface area (Å²) in [5, 5.41) is 4.75. The van der Waals surface area contributed by atoms with Crippen LogP contribution in [-0.4, -0.2) is 26.4 Å². The molecule has 1 saturated heterocycles. The third-order valence-corrected chi connectivity index (χ3v) is 4.62. The molecule has 0 aromatic rings. The van der Waals surface area contributed by atoms with Crippen molar-refractivity contribution in [3.05, 3.63) is 12.7 Å². The predicted octanol–water partition coefficient (Wildman–Crippen LogP) is 1.42. The third-order valence-electron chi connectivity index (χ3n) is 3.11. The molecule has 1 aliphatic rings. The van der Waals surface area contributed by atoms with Crippen LogP contribution >= 0.6 is 0 Å². The highest BCUT2D eigenvalue weighted by Gasteiger charge is 2.31. The van der Waals surface area contributed by atoms with Crippen LogP contribution in [0.5, 0.6) is 0 Å². The average Bonchev–Trinajstić information content (AvgIpc) is 2.64. The second-order valence-corrected chi connectivity index (χ2v) is 6.28. The lowest BCUT2D eigenvalue weighted by Crippen LogP contribution is -2.36. The fourth-order valence-corrected chi connectivity index (χ4v) is 3.44. The molecule has 0 aromatic carbocycles. The molecule has 16 heavy (non-hydrogen) atoms. The molecule has 1 heterocycles. The highest BCUT2D eigenvalue weighted by Crippen LogP contribution is 2.25. The lowest BCUT2D eigenvalue weighted by molar-refractivity contribution is 0.0996. The van der Waals surface area contributed by atoms with Crippen molar-refractivity contribution in [1.82, 2.24) is 0 Å². The van der Waals surface area contributed by atoms with Gasteiger partial charge in [0.15, 0.2) is 0 Å². The molecule has 0 spiro atoms. The van der Waals surface area contributed by atoms with Gasteiger partial charge in [-0.1, -0.05) is 13.0 Å². The molecule has 4 nitrogen and oxygen atoms in total. The molecular formula is C11H21NO3S. The van der Waals surface area contributed by atoms with Crippen molar-refractivity contribution in [2.75, 3.05) is 6.61 Å². The first-order valence-corrected chi connectivity index (χ1v) is 7.30. The van der Waals surface area contributed by atoms with Gasteiger partial charge in [-0.3, -0.25) is 0 Å². The molecule has 0 saturated carbocycles. The Bertz CT molecular complexity index is 320. The van der Waals surface area contributed by atoms with Gasteiger partial charge >= 0.3 is 0 Å². The fourth-order valence-electron chi connectivity index (χ4n) is 2.19. The standard InChI is InChI=1S/C11H21NO3S/c1-3-5-9(2)11(16(12,13)14)8-10-6-4-7-15-10/h3,9-11H,1,4-8H2,2H3,(H2,12,13,14)/t9-,10+,11+/m0/s1. The van der Waals surface area contributed by atoms with Crippen LogP contribution in [0.15, 0.2) is 12.7 Å². The van der Waals surface area contributed by atoms with Gasteiger partial charge in [0.1, 0.15) is 0 Å². The van der Waals surface area contributed by atoms with Crippen molar-refractivity contribution in [1.29, 1.82) is 0 Å². The van der Waals surface area contributed by atoms with E-state index in [0.717, 1.165) is 19.4 Å². The molecule has 1 aliphatic heterocycles. The van der Waals surface area contributed by atoms with Crippen molar-refractivity contribution in [2.24, 2.45) is 11.1 Å². The second-order valence-electron chi connectivity index (χ2n) is 4.50. The molecule has 0 bridgehead atoms. The summed E-state index contributed by atoms with van der Waals surface area (Å²) in [5.74, 6) is -0.00306. The predicted molar refractivity (Wildman–Crippen MR) is 64.5 cm³/mol. The van der Waals surface area contributed by atoms with Crippen molar-refractivity contribution < 1.29 is 13.2 Å². The molecule has 0 aliphatic carbocycles. The summed E-state index contributed by atoms with van der Waals surface area (Å²) in [7, 11) is -3.50. The number of hydrogen-bond acceptors (Lipinski definition) is 3. The first-order valence-electron chi connectivity index (χ1n) is 5.69. The molecule has 0 aromatic heterocycles. The summed E-state index contributed by atoms with van der Waals surface area (Å²) in [4.78, 5) is 0. The van der Waals surface area contributed by atoms with E-state index in [0.29, 0.717) is 12.8 Å². The van der Waals surface area contributed by atoms with Crippen LogP contribution in [0.1, 0.15) is 32.6 Å². The minimum atomic E-state index is -3.50. The van der Waals surface area contributed by atoms with E-state index in [1.54, 1.807) is 6.08 Å². The van der Waals surface area contributed by atoms with Gasteiger partial charge in [0, 0.05) is 6.61 Å². The topological polar surface area (TPSA) is 69.4 Å². The van der Waals surface area contributed by atoms with Crippen LogP contribution in [0, 0.1) is 5.92 Å². The average molecular weight is 247 g/mol. The van der Waals surface area contributed by atoms with Gasteiger partial charge in [-0.05, 0) is 31.6 Å². The number of allylic oxidation sites excluding steroid dienone is 1. The van der Waals surface area contributed by atoms with Gasteiger partial charge < -0.3 is 4.74 Å². The molecule has 0 unspecified atom stereocenters. The van der Waals surface area contributed by atoms with Crippen LogP contribution < -0.4 is 5.14 Å². The van der Waals surface area contributed by atoms with E-state index in [9.17, 15) is 8.42 Å². The Morgan fingerprint density at radius 2 is 2.31 bits per heavy atom. The molecule has 0 amide bonds. The van der Waals surface area contributed by atoms with E-state index in [4.69, 9.17) is 9.88 Å². The Balaban J connectivity index is 2.66. The largest absolute Gasteiger partial charge is 0.378 e. The van der Waals surface area contributed by atoms with Crippen LogP contribution in [0.25, 0.3) is 0 Å². The Morgan fingerprint density at radius 3 is 2.75 bits per heavy atom. The molecule has 1 fully saturated rings. The van der Waals surface area contributed by atoms with E-state index in [1.807, 2.05) is 6.92 Å². The molecule has 5 heteroatoms. The number of nitrogens with two attached hydrogens (primary N) is 1. The van der Waals surface area contributed by atoms with Gasteiger partial charge in [0.25, 0.3) is 0 Å². The lowest BCUT2D eigenvalue weighted by Gasteiger charge is -2.23. The van der Waals surface area contributed by atoms with Crippen molar-refractivity contribution >= 4 is 10.0 Å². The SMILES string of the molecule is C=CC[C@H](C)[C@@H](C[C@H]1CCCO1)S(N)(=O)=O. The Kier molecular flexibility index (Phi) is 4.95. The van der Waals surface area contributed by atoms with E-state index >= 15 is 0 Å². The van der Waals surface area contributed by atoms with Gasteiger partial charge in [0.2, 0.25) is 10.0 Å². The van der Waals surface area contributed by atoms with E-state index < -0.39 is 15.3 Å². The molecule has 3 atom stereocenters. The van der Waals surface area contributed by atoms with Crippen molar-refractivity contribution in [3.8, 4) is 0 Å². The Labute approximate surface area is 97.9 Å². The van der Waals surface area contributed by atoms with E-state index in [-0.39, 0.29) is 12.0 Å². The molecule has 1 rings (SSSR count). The second kappa shape index (κ2) is 5.80. The molecule has 0 radical (unpaired) electrons. The quantitative estimate of drug-likeness (QED) is 0.722. The smallest absolute Gasteiger partial charge is 0.212 e. The number of sulfonamides is 1. The zero-order valence-electron chi connectivity index (χ0n) is 9.76. The van der Waals surface area contributed by atoms with E-state index in [2.05, 4.69) is 6.58 Å². The normalized spacial score (nSPS) is 25.2. The highest BCUT2D eigenvalue weighted by molar-refractivity contribution is 7.89. The Hall–Kier alpha value is -0.390. The van der Waals surface area contributed by atoms with Crippen LogP contribution in [0.3, 0.4) is 0 Å². The van der Waals surface area contributed by atoms with Crippen LogP contribution in [-0.2, 0) is 14.8 Å². The van der Waals surface area contributed by atoms with Crippen molar-refractivity contribution in [2.45, 2.75) is 44.0 Å². The molecule has 2 N–H and O–H groups in total. The summed E-state index contributed by atoms with van der Waals surface area (Å²) in [6.07, 6.45) is 4.90. The summed E-state index contributed by atoms with van der Waals surface area (Å²) in [6.45, 7) is 6.26. The van der Waals surface area contributed by atoms with Crippen LogP contribution in [0.2, 0.25) is 0 Å². The van der Waals surface area contributed by atoms with Gasteiger partial charge in [0.05, 0.1) is 11.4 Å². The number of primary sulfonamides is 1. The first-order chi connectivity index (χ1) is 7.45. The number of rotatable bonds is 6. The maximum absolute atomic E-state index is 11.5. The summed E-state index contributed by atoms with van der Waals surface area (Å²) >= 11 is 0. The zero-order valence-corrected chi connectivity index (χ0v) is 10.6. The monoisotopic (exact) mass is 247 g/mol. The summed E-state index contributed by atoms with van der Waals surface area (Å²) < 4.78 is 28.5. The maximum atomic E-state index is 11.5. The molecule has 94 valence electrons. The van der Waals surface area contributed by atoms with E-state index in [1.165, 1.54) is 0 Å². The van der Waals surface area contributed by atoms with Gasteiger partial charge in [-0.2, -0.15) is 0 Å². The van der Waals surface area contributed by atoms with Crippen LogP contribution in [0.4, 0.5) is 0 Å². The summed E-state index contributed by atoms with van der Waals surface area (Å²) in [5.41, 5.74) is 0. The summed E-state index contributed by atoms with van der Waals surface area (Å²) in [6, 6.07) is 0. The third kappa shape index (κ3) is 3.88.